The Hall–Kier alpha value is -2.36. The van der Waals surface area contributed by atoms with E-state index in [4.69, 9.17) is 9.79 Å². The van der Waals surface area contributed by atoms with E-state index in [2.05, 4.69) is 4.52 Å². The number of non-ortho nitro benzene ring substituents is 2. The molecule has 102 valence electrons. The molecule has 0 spiro atoms. The lowest BCUT2D eigenvalue weighted by Crippen LogP contribution is -2.05. The summed E-state index contributed by atoms with van der Waals surface area (Å²) in [6, 6.07) is 1.80. The van der Waals surface area contributed by atoms with Crippen molar-refractivity contribution in [3.05, 3.63) is 44.0 Å². The molecule has 0 heterocycles. The van der Waals surface area contributed by atoms with Crippen LogP contribution in [0.2, 0.25) is 0 Å². The van der Waals surface area contributed by atoms with Crippen LogP contribution < -0.4 is 0 Å². The topological polar surface area (TPSA) is 170 Å². The Morgan fingerprint density at radius 2 is 1.53 bits per heavy atom. The van der Waals surface area contributed by atoms with Gasteiger partial charge in [0, 0.05) is 12.1 Å². The smallest absolute Gasteiger partial charge is 0.367 e. The molecule has 0 aliphatic rings. The fraction of sp³-hybridized carbons (Fsp3) is 0. The third kappa shape index (κ3) is 4.10. The lowest BCUT2D eigenvalue weighted by Gasteiger charge is -2.04. The van der Waals surface area contributed by atoms with E-state index in [1.165, 1.54) is 0 Å². The molecule has 0 bridgehead atoms. The number of hydrogen-bond acceptors (Lipinski definition) is 7. The molecule has 1 aromatic rings. The quantitative estimate of drug-likeness (QED) is 0.461. The zero-order valence-corrected chi connectivity index (χ0v) is 9.72. The van der Waals surface area contributed by atoms with E-state index < -0.39 is 40.6 Å². The number of carbonyl (C=O) groups excluding carboxylic acids is 1. The maximum absolute atomic E-state index is 11.3. The number of phosphoric acid groups is 1. The van der Waals surface area contributed by atoms with Gasteiger partial charge in [0.15, 0.2) is 0 Å². The van der Waals surface area contributed by atoms with Crippen LogP contribution in [0.5, 0.6) is 0 Å². The summed E-state index contributed by atoms with van der Waals surface area (Å²) in [7, 11) is -5.15. The van der Waals surface area contributed by atoms with E-state index in [1.54, 1.807) is 0 Å². The molecule has 0 fully saturated rings. The summed E-state index contributed by atoms with van der Waals surface area (Å²) >= 11 is 0. The van der Waals surface area contributed by atoms with Gasteiger partial charge in [-0.15, -0.1) is 0 Å². The highest BCUT2D eigenvalue weighted by molar-refractivity contribution is 7.46. The highest BCUT2D eigenvalue weighted by Crippen LogP contribution is 2.37. The van der Waals surface area contributed by atoms with E-state index in [1.807, 2.05) is 0 Å². The maximum Gasteiger partial charge on any atom is 0.527 e. The third-order valence-electron chi connectivity index (χ3n) is 1.76. The first-order chi connectivity index (χ1) is 8.60. The van der Waals surface area contributed by atoms with Crippen molar-refractivity contribution >= 4 is 25.2 Å². The van der Waals surface area contributed by atoms with Gasteiger partial charge in [0.25, 0.3) is 11.4 Å². The minimum Gasteiger partial charge on any atom is -0.367 e. The highest BCUT2D eigenvalue weighted by atomic mass is 31.2. The van der Waals surface area contributed by atoms with Crippen molar-refractivity contribution in [3.8, 4) is 0 Å². The molecular formula is C7H5N2O9P. The predicted molar refractivity (Wildman–Crippen MR) is 57.2 cm³/mol. The Balaban J connectivity index is 3.27. The second kappa shape index (κ2) is 5.10. The fourth-order valence-electron chi connectivity index (χ4n) is 1.08. The number of carbonyl (C=O) groups is 1. The first-order valence-electron chi connectivity index (χ1n) is 4.33. The van der Waals surface area contributed by atoms with Gasteiger partial charge in [-0.2, -0.15) is 0 Å². The van der Waals surface area contributed by atoms with Crippen LogP contribution in [0.15, 0.2) is 18.2 Å². The first-order valence-corrected chi connectivity index (χ1v) is 5.86. The predicted octanol–water partition coefficient (Wildman–Crippen LogP) is 0.752. The van der Waals surface area contributed by atoms with Crippen molar-refractivity contribution in [1.29, 1.82) is 0 Å². The normalized spacial score (nSPS) is 10.8. The van der Waals surface area contributed by atoms with E-state index in [9.17, 15) is 29.6 Å². The molecule has 0 radical (unpaired) electrons. The van der Waals surface area contributed by atoms with Crippen molar-refractivity contribution in [2.75, 3.05) is 0 Å². The molecule has 11 nitrogen and oxygen atoms in total. The number of benzene rings is 1. The van der Waals surface area contributed by atoms with Gasteiger partial charge in [-0.3, -0.25) is 30.0 Å². The Morgan fingerprint density at radius 3 is 1.84 bits per heavy atom. The van der Waals surface area contributed by atoms with Crippen LogP contribution in [0.1, 0.15) is 10.4 Å². The van der Waals surface area contributed by atoms with Gasteiger partial charge in [-0.1, -0.05) is 0 Å². The van der Waals surface area contributed by atoms with Crippen molar-refractivity contribution in [3.63, 3.8) is 0 Å². The first kappa shape index (κ1) is 14.7. The molecule has 0 aromatic heterocycles. The number of hydrogen-bond donors (Lipinski definition) is 2. The van der Waals surface area contributed by atoms with E-state index in [-0.39, 0.29) is 0 Å². The van der Waals surface area contributed by atoms with E-state index >= 15 is 0 Å². The molecule has 2 N–H and O–H groups in total. The number of rotatable bonds is 4. The molecule has 0 amide bonds. The molecule has 0 atom stereocenters. The Bertz CT molecular complexity index is 574. The Morgan fingerprint density at radius 1 is 1.11 bits per heavy atom. The minimum absolute atomic E-state index is 0.592. The average Bonchev–Trinajstić information content (AvgIpc) is 2.25. The minimum atomic E-state index is -5.15. The summed E-state index contributed by atoms with van der Waals surface area (Å²) < 4.78 is 14.1. The molecule has 19 heavy (non-hydrogen) atoms. The van der Waals surface area contributed by atoms with Crippen LogP contribution in [-0.4, -0.2) is 25.6 Å². The fourth-order valence-corrected chi connectivity index (χ4v) is 1.41. The number of nitrogens with zero attached hydrogens (tertiary/aromatic N) is 2. The van der Waals surface area contributed by atoms with E-state index in [0.29, 0.717) is 18.2 Å². The molecule has 0 unspecified atom stereocenters. The summed E-state index contributed by atoms with van der Waals surface area (Å²) in [5.74, 6) is -1.61. The maximum atomic E-state index is 11.3. The van der Waals surface area contributed by atoms with Crippen molar-refractivity contribution in [2.45, 2.75) is 0 Å². The van der Waals surface area contributed by atoms with Crippen molar-refractivity contribution < 1.29 is 33.5 Å². The summed E-state index contributed by atoms with van der Waals surface area (Å²) in [6.45, 7) is 0. The van der Waals surface area contributed by atoms with Crippen LogP contribution in [0, 0.1) is 20.2 Å². The van der Waals surface area contributed by atoms with Gasteiger partial charge < -0.3 is 4.52 Å². The summed E-state index contributed by atoms with van der Waals surface area (Å²) in [4.78, 5) is 47.1. The molecule has 1 rings (SSSR count). The van der Waals surface area contributed by atoms with Crippen molar-refractivity contribution in [1.82, 2.24) is 0 Å². The molecule has 0 aliphatic heterocycles. The van der Waals surface area contributed by atoms with Crippen LogP contribution in [0.4, 0.5) is 11.4 Å². The Labute approximate surface area is 104 Å². The summed E-state index contributed by atoms with van der Waals surface area (Å²) in [6.07, 6.45) is 0. The van der Waals surface area contributed by atoms with E-state index in [0.717, 1.165) is 0 Å². The van der Waals surface area contributed by atoms with Gasteiger partial charge in [-0.05, 0) is 0 Å². The van der Waals surface area contributed by atoms with Gasteiger partial charge >= 0.3 is 13.8 Å². The van der Waals surface area contributed by atoms with Gasteiger partial charge in [0.2, 0.25) is 0 Å². The molecule has 1 aromatic carbocycles. The number of nitro groups is 2. The second-order valence-electron chi connectivity index (χ2n) is 3.12. The van der Waals surface area contributed by atoms with Gasteiger partial charge in [0.05, 0.1) is 21.5 Å². The lowest BCUT2D eigenvalue weighted by atomic mass is 10.2. The monoisotopic (exact) mass is 292 g/mol. The molecule has 0 aliphatic carbocycles. The standard InChI is InChI=1S/C7H5N2O9P/c10-7(18-19(15,16)17)4-1-5(8(11)12)3-6(2-4)9(13)14/h1-3H,(H2,15,16,17). The van der Waals surface area contributed by atoms with Crippen LogP contribution in [0.3, 0.4) is 0 Å². The third-order valence-corrected chi connectivity index (χ3v) is 2.17. The SMILES string of the molecule is O=C(OP(=O)(O)O)c1cc([N+](=O)[O-])cc([N+](=O)[O-])c1. The highest BCUT2D eigenvalue weighted by Gasteiger charge is 2.26. The molecule has 12 heteroatoms. The summed E-state index contributed by atoms with van der Waals surface area (Å²) in [5, 5.41) is 21.0. The van der Waals surface area contributed by atoms with Crippen molar-refractivity contribution in [2.24, 2.45) is 0 Å². The summed E-state index contributed by atoms with van der Waals surface area (Å²) in [5.41, 5.74) is -2.29. The zero-order chi connectivity index (χ0) is 14.8. The lowest BCUT2D eigenvalue weighted by molar-refractivity contribution is -0.394. The number of phosphoric ester groups is 1. The molecule has 0 saturated carbocycles. The molecular weight excluding hydrogens is 287 g/mol. The second-order valence-corrected chi connectivity index (χ2v) is 4.29. The number of nitro benzene ring substituents is 2. The van der Waals surface area contributed by atoms with Crippen LogP contribution in [0.25, 0.3) is 0 Å². The van der Waals surface area contributed by atoms with Crippen LogP contribution in [-0.2, 0) is 9.09 Å². The van der Waals surface area contributed by atoms with Gasteiger partial charge in [0.1, 0.15) is 0 Å². The zero-order valence-electron chi connectivity index (χ0n) is 8.83. The van der Waals surface area contributed by atoms with Crippen LogP contribution >= 0.6 is 7.82 Å². The largest absolute Gasteiger partial charge is 0.527 e. The average molecular weight is 292 g/mol. The van der Waals surface area contributed by atoms with Gasteiger partial charge in [-0.25, -0.2) is 9.36 Å². The molecule has 0 saturated heterocycles. The Kier molecular flexibility index (Phi) is 3.95.